The minimum Gasteiger partial charge on any atom is -0.493 e. The molecular weight excluding hydrogens is 568 g/mol. The van der Waals surface area contributed by atoms with Crippen molar-refractivity contribution in [2.45, 2.75) is 39.0 Å². The number of rotatable bonds is 13. The maximum Gasteiger partial charge on any atom is 0.298 e. The van der Waals surface area contributed by atoms with Crippen LogP contribution in [0.2, 0.25) is 0 Å². The van der Waals surface area contributed by atoms with Crippen LogP contribution in [0.1, 0.15) is 58.8 Å². The molecule has 0 aromatic heterocycles. The lowest BCUT2D eigenvalue weighted by Crippen LogP contribution is -2.36. The third-order valence-electron chi connectivity index (χ3n) is 5.74. The van der Waals surface area contributed by atoms with Crippen LogP contribution in [0.15, 0.2) is 103 Å². The Hall–Kier alpha value is -4.91. The van der Waals surface area contributed by atoms with E-state index >= 15 is 0 Å². The molecule has 0 aliphatic carbocycles. The van der Waals surface area contributed by atoms with E-state index in [2.05, 4.69) is 40.9 Å². The summed E-state index contributed by atoms with van der Waals surface area (Å²) in [5.74, 6) is -1.15. The predicted molar refractivity (Wildman–Crippen MR) is 158 cm³/mol. The Morgan fingerprint density at radius 2 is 0.953 bits per heavy atom. The molecule has 0 aliphatic heterocycles. The fraction of sp³-hybridized carbons (Fsp3) is 0.300. The van der Waals surface area contributed by atoms with Crippen molar-refractivity contribution in [1.29, 1.82) is 0 Å². The first kappa shape index (κ1) is 32.6. The highest BCUT2D eigenvalue weighted by atomic mass is 28.1. The summed E-state index contributed by atoms with van der Waals surface area (Å²) in [5, 5.41) is 21.7. The Labute approximate surface area is 252 Å². The summed E-state index contributed by atoms with van der Waals surface area (Å²) in [6.45, 7) is 7.89. The maximum absolute atomic E-state index is 13.0. The van der Waals surface area contributed by atoms with E-state index in [1.807, 2.05) is 0 Å². The number of benzene rings is 3. The lowest BCUT2D eigenvalue weighted by molar-refractivity contribution is 0.0971. The van der Waals surface area contributed by atoms with E-state index in [0.717, 1.165) is 0 Å². The highest BCUT2D eigenvalue weighted by molar-refractivity contribution is 6.16. The molecule has 13 heteroatoms. The van der Waals surface area contributed by atoms with Crippen LogP contribution in [0.5, 0.6) is 17.2 Å². The van der Waals surface area contributed by atoms with Crippen molar-refractivity contribution in [2.75, 3.05) is 19.8 Å². The van der Waals surface area contributed by atoms with Crippen molar-refractivity contribution in [3.63, 3.8) is 0 Å². The summed E-state index contributed by atoms with van der Waals surface area (Å²) in [7, 11) is 3.39. The molecule has 0 bridgehead atoms. The summed E-state index contributed by atoms with van der Waals surface area (Å²) >= 11 is 0. The first-order valence-corrected chi connectivity index (χ1v) is 14.0. The number of carbonyl (C=O) groups excluding carboxylic acids is 3. The molecule has 3 aromatic carbocycles. The molecule has 43 heavy (non-hydrogen) atoms. The van der Waals surface area contributed by atoms with Gasteiger partial charge in [-0.2, -0.15) is 15.3 Å². The smallest absolute Gasteiger partial charge is 0.298 e. The van der Waals surface area contributed by atoms with Crippen LogP contribution in [-0.4, -0.2) is 59.1 Å². The Bertz CT molecular complexity index is 1450. The highest BCUT2D eigenvalue weighted by Crippen LogP contribution is 2.25. The van der Waals surface area contributed by atoms with Gasteiger partial charge in [0.15, 0.2) is 5.29 Å². The summed E-state index contributed by atoms with van der Waals surface area (Å²) in [5.41, 5.74) is 0.532. The Morgan fingerprint density at radius 1 is 0.628 bits per heavy atom. The molecule has 12 nitrogen and oxygen atoms in total. The Balaban J connectivity index is 1.96. The van der Waals surface area contributed by atoms with E-state index in [1.165, 1.54) is 19.1 Å². The van der Waals surface area contributed by atoms with Gasteiger partial charge in [-0.15, -0.1) is 15.3 Å². The van der Waals surface area contributed by atoms with Gasteiger partial charge in [-0.25, -0.2) is 0 Å². The van der Waals surface area contributed by atoms with E-state index in [-0.39, 0.29) is 16.7 Å². The SMILES string of the molecule is CCOc1ccccc1C(=O)N=NC(C)C([Si])(N=NC(=O)c1ccccc1OCC)N=NC(=O)c1ccccc1OCC. The quantitative estimate of drug-likeness (QED) is 0.167. The minimum absolute atomic E-state index is 0.165. The second-order valence-corrected chi connectivity index (χ2v) is 9.46. The van der Waals surface area contributed by atoms with Crippen LogP contribution in [0, 0.1) is 0 Å². The van der Waals surface area contributed by atoms with Gasteiger partial charge >= 0.3 is 0 Å². The zero-order valence-electron chi connectivity index (χ0n) is 24.3. The van der Waals surface area contributed by atoms with E-state index in [0.29, 0.717) is 37.1 Å². The maximum atomic E-state index is 13.0. The molecule has 0 fully saturated rings. The molecule has 0 N–H and O–H groups in total. The molecule has 221 valence electrons. The number of azo groups is 3. The van der Waals surface area contributed by atoms with Crippen LogP contribution in [0.3, 0.4) is 0 Å². The van der Waals surface area contributed by atoms with E-state index < -0.39 is 29.0 Å². The van der Waals surface area contributed by atoms with Crippen molar-refractivity contribution in [1.82, 2.24) is 0 Å². The Kier molecular flexibility index (Phi) is 12.1. The molecule has 3 aromatic rings. The minimum atomic E-state index is -1.91. The molecule has 3 radical (unpaired) electrons. The van der Waals surface area contributed by atoms with Gasteiger partial charge in [-0.3, -0.25) is 14.4 Å². The van der Waals surface area contributed by atoms with Crippen LogP contribution in [0.4, 0.5) is 0 Å². The van der Waals surface area contributed by atoms with Crippen LogP contribution in [-0.2, 0) is 0 Å². The molecule has 0 saturated carbocycles. The van der Waals surface area contributed by atoms with Gasteiger partial charge in [0, 0.05) is 0 Å². The average molecular weight is 600 g/mol. The van der Waals surface area contributed by atoms with Crippen molar-refractivity contribution in [3.05, 3.63) is 89.5 Å². The zero-order chi connectivity index (χ0) is 31.2. The van der Waals surface area contributed by atoms with Gasteiger partial charge in [0.25, 0.3) is 17.7 Å². The first-order chi connectivity index (χ1) is 20.7. The highest BCUT2D eigenvalue weighted by Gasteiger charge is 2.34. The van der Waals surface area contributed by atoms with Crippen molar-refractivity contribution >= 4 is 28.0 Å². The number of hydrogen-bond acceptors (Lipinski definition) is 9. The van der Waals surface area contributed by atoms with Gasteiger partial charge < -0.3 is 14.2 Å². The van der Waals surface area contributed by atoms with Gasteiger partial charge in [0.05, 0.1) is 36.5 Å². The molecule has 1 atom stereocenters. The number of hydrogen-bond donors (Lipinski definition) is 0. The summed E-state index contributed by atoms with van der Waals surface area (Å²) < 4.78 is 16.5. The Morgan fingerprint density at radius 3 is 1.30 bits per heavy atom. The average Bonchev–Trinajstić information content (AvgIpc) is 3.02. The normalized spacial score (nSPS) is 13.6. The molecule has 0 aliphatic rings. The van der Waals surface area contributed by atoms with Gasteiger partial charge in [0.2, 0.25) is 0 Å². The fourth-order valence-corrected chi connectivity index (χ4v) is 3.74. The van der Waals surface area contributed by atoms with Crippen LogP contribution >= 0.6 is 0 Å². The molecule has 0 saturated heterocycles. The second-order valence-electron chi connectivity index (χ2n) is 8.72. The lowest BCUT2D eigenvalue weighted by Gasteiger charge is -2.21. The largest absolute Gasteiger partial charge is 0.493 e. The summed E-state index contributed by atoms with van der Waals surface area (Å²) in [4.78, 5) is 38.9. The third-order valence-corrected chi connectivity index (χ3v) is 6.36. The topological polar surface area (TPSA) is 153 Å². The summed E-state index contributed by atoms with van der Waals surface area (Å²) in [6, 6.07) is 18.6. The molecule has 0 spiro atoms. The van der Waals surface area contributed by atoms with Gasteiger partial charge in [-0.1, -0.05) is 36.4 Å². The standard InChI is InChI=1S/C30H31N6O6Si/c1-5-40-24-17-11-8-14-21(24)27(37)32-31-20(4)30(43,35-33-28(38)22-15-9-12-18-25(22)41-6-2)36-34-29(39)23-16-10-13-19-26(23)42-7-3/h8-20H,5-7H2,1-4H3. The molecule has 3 amide bonds. The zero-order valence-corrected chi connectivity index (χ0v) is 25.3. The molecule has 3 rings (SSSR count). The van der Waals surface area contributed by atoms with Crippen molar-refractivity contribution in [2.24, 2.45) is 30.7 Å². The molecule has 1 unspecified atom stereocenters. The van der Waals surface area contributed by atoms with Crippen molar-refractivity contribution < 1.29 is 28.6 Å². The predicted octanol–water partition coefficient (Wildman–Crippen LogP) is 6.27. The third kappa shape index (κ3) is 8.79. The lowest BCUT2D eigenvalue weighted by atomic mass is 10.2. The monoisotopic (exact) mass is 599 g/mol. The summed E-state index contributed by atoms with van der Waals surface area (Å²) in [6.07, 6.45) is 0. The fourth-order valence-electron chi connectivity index (χ4n) is 3.59. The number of carbonyl (C=O) groups is 3. The molecule has 0 heterocycles. The second kappa shape index (κ2) is 15.9. The number of amides is 3. The van der Waals surface area contributed by atoms with Crippen molar-refractivity contribution in [3.8, 4) is 17.2 Å². The van der Waals surface area contributed by atoms with E-state index in [1.54, 1.807) is 81.4 Å². The van der Waals surface area contributed by atoms with Gasteiger partial charge in [-0.05, 0) is 64.1 Å². The number of ether oxygens (including phenoxy) is 3. The number of nitrogens with zero attached hydrogens (tertiary/aromatic N) is 6. The van der Waals surface area contributed by atoms with E-state index in [4.69, 9.17) is 14.2 Å². The first-order valence-electron chi connectivity index (χ1n) is 13.5. The van der Waals surface area contributed by atoms with Crippen LogP contribution in [0.25, 0.3) is 0 Å². The van der Waals surface area contributed by atoms with Crippen LogP contribution < -0.4 is 14.2 Å². The van der Waals surface area contributed by atoms with E-state index in [9.17, 15) is 14.4 Å². The van der Waals surface area contributed by atoms with Gasteiger partial charge in [0.1, 0.15) is 33.5 Å². The molecular formula is C30H31N6O6Si. The number of para-hydroxylation sites is 3.